The first-order chi connectivity index (χ1) is 7.63. The van der Waals surface area contributed by atoms with Crippen LogP contribution in [0.1, 0.15) is 18.6 Å². The summed E-state index contributed by atoms with van der Waals surface area (Å²) in [5.74, 6) is -1.10. The van der Waals surface area contributed by atoms with E-state index < -0.39 is 36.7 Å². The maximum atomic E-state index is 11.6. The first kappa shape index (κ1) is 3.23. The van der Waals surface area contributed by atoms with Crippen molar-refractivity contribution in [2.45, 2.75) is 0 Å². The lowest BCUT2D eigenvalue weighted by atomic mass is 10.2. The number of nitrogens with zero attached hydrogens (tertiary/aromatic N) is 1. The summed E-state index contributed by atoms with van der Waals surface area (Å²) in [6.45, 7) is -2.71. The predicted molar refractivity (Wildman–Crippen MR) is 45.3 cm³/mol. The molecule has 0 spiro atoms. The van der Waals surface area contributed by atoms with Crippen molar-refractivity contribution in [1.29, 1.82) is 0 Å². The van der Waals surface area contributed by atoms with Gasteiger partial charge in [-0.3, -0.25) is 4.79 Å². The zero-order valence-corrected chi connectivity index (χ0v) is 6.82. The van der Waals surface area contributed by atoms with Crippen LogP contribution in [0.15, 0.2) is 22.9 Å². The maximum Gasteiger partial charge on any atom is 0.251 e. The van der Waals surface area contributed by atoms with Crippen molar-refractivity contribution >= 4 is 21.8 Å². The van der Waals surface area contributed by atoms with Crippen LogP contribution in [0.3, 0.4) is 0 Å². The minimum atomic E-state index is -2.71. The fourth-order valence-corrected chi connectivity index (χ4v) is 0.758. The van der Waals surface area contributed by atoms with Crippen LogP contribution >= 0.6 is 15.9 Å². The van der Waals surface area contributed by atoms with Gasteiger partial charge in [-0.25, -0.2) is 4.98 Å². The number of pyridine rings is 1. The summed E-state index contributed by atoms with van der Waals surface area (Å²) in [4.78, 5) is 15.1. The topological polar surface area (TPSA) is 42.0 Å². The summed E-state index contributed by atoms with van der Waals surface area (Å²) in [5.41, 5.74) is -0.493. The molecule has 11 heavy (non-hydrogen) atoms. The Morgan fingerprint density at radius 1 is 2.00 bits per heavy atom. The van der Waals surface area contributed by atoms with E-state index in [1.807, 2.05) is 0 Å². The van der Waals surface area contributed by atoms with E-state index in [1.165, 1.54) is 0 Å². The lowest BCUT2D eigenvalue weighted by Gasteiger charge is -1.97. The lowest BCUT2D eigenvalue weighted by molar-refractivity contribution is 0.0963. The van der Waals surface area contributed by atoms with E-state index in [-0.39, 0.29) is 4.60 Å². The van der Waals surface area contributed by atoms with Gasteiger partial charge in [-0.2, -0.15) is 0 Å². The average Bonchev–Trinajstić information content (AvgIpc) is 2.12. The number of nitrogens with one attached hydrogen (secondary N) is 1. The number of aromatic nitrogens is 1. The number of carbonyl (C=O) groups excluding carboxylic acids is 1. The number of rotatable bonds is 1. The number of halogens is 1. The van der Waals surface area contributed by atoms with Gasteiger partial charge in [0.15, 0.2) is 0 Å². The second-order valence-corrected chi connectivity index (χ2v) is 2.34. The monoisotopic (exact) mass is 220 g/mol. The Morgan fingerprint density at radius 2 is 2.82 bits per heavy atom. The van der Waals surface area contributed by atoms with Crippen LogP contribution < -0.4 is 5.32 Å². The fraction of sp³-hybridized carbons (Fsp3) is 0.143. The molecular weight excluding hydrogens is 208 g/mol. The smallest absolute Gasteiger partial charge is 0.251 e. The largest absolute Gasteiger partial charge is 0.355 e. The van der Waals surface area contributed by atoms with E-state index in [2.05, 4.69) is 20.9 Å². The zero-order valence-electron chi connectivity index (χ0n) is 11.2. The van der Waals surface area contributed by atoms with Crippen molar-refractivity contribution in [2.24, 2.45) is 0 Å². The van der Waals surface area contributed by atoms with Gasteiger partial charge in [0.25, 0.3) is 5.91 Å². The molecule has 0 unspecified atom stereocenters. The third kappa shape index (κ3) is 2.01. The Labute approximate surface area is 81.4 Å². The molecule has 58 valence electrons. The molecular formula is C7H7BrN2O. The van der Waals surface area contributed by atoms with Crippen molar-refractivity contribution in [2.75, 3.05) is 6.98 Å². The highest BCUT2D eigenvalue weighted by Crippen LogP contribution is 2.07. The Balaban J connectivity index is 3.27. The van der Waals surface area contributed by atoms with Gasteiger partial charge in [-0.1, -0.05) is 0 Å². The predicted octanol–water partition coefficient (Wildman–Crippen LogP) is 1.20. The summed E-state index contributed by atoms with van der Waals surface area (Å²) in [5, 5.41) is 1.66. The first-order valence-corrected chi connectivity index (χ1v) is 3.38. The van der Waals surface area contributed by atoms with Crippen molar-refractivity contribution in [3.8, 4) is 0 Å². The highest BCUT2D eigenvalue weighted by atomic mass is 79.9. The zero-order chi connectivity index (χ0) is 13.4. The molecule has 0 bridgehead atoms. The summed E-state index contributed by atoms with van der Waals surface area (Å²) >= 11 is 2.86. The molecule has 3 nitrogen and oxygen atoms in total. The van der Waals surface area contributed by atoms with Crippen LogP contribution in [0.25, 0.3) is 0 Å². The van der Waals surface area contributed by atoms with Gasteiger partial charge >= 0.3 is 0 Å². The van der Waals surface area contributed by atoms with Crippen molar-refractivity contribution in [1.82, 2.24) is 10.3 Å². The van der Waals surface area contributed by atoms with E-state index in [9.17, 15) is 4.79 Å². The van der Waals surface area contributed by atoms with Gasteiger partial charge in [-0.15, -0.1) is 0 Å². The molecule has 0 radical (unpaired) electrons. The molecule has 0 fully saturated rings. The molecule has 0 saturated heterocycles. The fourth-order valence-electron chi connectivity index (χ4n) is 0.471. The lowest BCUT2D eigenvalue weighted by Crippen LogP contribution is -2.17. The number of hydrogen-bond donors (Lipinski definition) is 1. The van der Waals surface area contributed by atoms with E-state index in [0.29, 0.717) is 0 Å². The molecule has 1 aromatic heterocycles. The Kier molecular flexibility index (Phi) is 1.02. The summed E-state index contributed by atoms with van der Waals surface area (Å²) < 4.78 is 42.7. The van der Waals surface area contributed by atoms with Gasteiger partial charge in [0.1, 0.15) is 4.60 Å². The standard InChI is InChI=1S/C7H7BrN2O/c1-9-7(11)5-2-3-10-6(8)4-5/h2-4H,1H3,(H,9,11)/i1D3,2D,3D,4D. The molecule has 1 N–H and O–H groups in total. The highest BCUT2D eigenvalue weighted by Gasteiger charge is 2.01. The molecule has 0 aliphatic heterocycles. The molecule has 0 aliphatic rings. The van der Waals surface area contributed by atoms with Crippen LogP contribution in [-0.4, -0.2) is 17.9 Å². The molecule has 1 amide bonds. The summed E-state index contributed by atoms with van der Waals surface area (Å²) in [6.07, 6.45) is -0.511. The molecule has 0 aromatic carbocycles. The quantitative estimate of drug-likeness (QED) is 0.724. The Bertz CT molecular complexity index is 448. The Hall–Kier alpha value is -0.900. The number of carbonyl (C=O) groups is 1. The third-order valence-corrected chi connectivity index (χ3v) is 1.28. The minimum Gasteiger partial charge on any atom is -0.355 e. The first-order valence-electron chi connectivity index (χ1n) is 5.59. The van der Waals surface area contributed by atoms with Crippen molar-refractivity contribution in [3.63, 3.8) is 0 Å². The van der Waals surface area contributed by atoms with E-state index in [0.717, 1.165) is 0 Å². The van der Waals surface area contributed by atoms with Crippen LogP contribution in [0.4, 0.5) is 0 Å². The minimum absolute atomic E-state index is 0.0887. The van der Waals surface area contributed by atoms with E-state index >= 15 is 0 Å². The van der Waals surface area contributed by atoms with Crippen molar-refractivity contribution in [3.05, 3.63) is 28.4 Å². The van der Waals surface area contributed by atoms with Crippen LogP contribution in [0, 0.1) is 0 Å². The molecule has 1 aromatic rings. The van der Waals surface area contributed by atoms with Crippen LogP contribution in [0.5, 0.6) is 0 Å². The normalized spacial score (nSPS) is 18.3. The molecule has 4 heteroatoms. The maximum absolute atomic E-state index is 11.6. The van der Waals surface area contributed by atoms with Gasteiger partial charge in [0, 0.05) is 22.8 Å². The van der Waals surface area contributed by atoms with Gasteiger partial charge in [0.2, 0.25) is 0 Å². The average molecular weight is 221 g/mol. The van der Waals surface area contributed by atoms with Gasteiger partial charge in [0.05, 0.1) is 4.11 Å². The number of amides is 1. The van der Waals surface area contributed by atoms with Gasteiger partial charge in [-0.05, 0) is 28.0 Å². The van der Waals surface area contributed by atoms with E-state index in [1.54, 1.807) is 5.32 Å². The van der Waals surface area contributed by atoms with Crippen molar-refractivity contribution < 1.29 is 13.0 Å². The van der Waals surface area contributed by atoms with Crippen LogP contribution in [0.2, 0.25) is 0 Å². The van der Waals surface area contributed by atoms with E-state index in [4.69, 9.17) is 8.22 Å². The van der Waals surface area contributed by atoms with Gasteiger partial charge < -0.3 is 5.32 Å². The molecule has 0 atom stereocenters. The number of hydrogen-bond acceptors (Lipinski definition) is 2. The molecule has 1 rings (SSSR count). The second kappa shape index (κ2) is 3.48. The summed E-state index contributed by atoms with van der Waals surface area (Å²) in [7, 11) is 0. The van der Waals surface area contributed by atoms with Crippen LogP contribution in [-0.2, 0) is 0 Å². The Morgan fingerprint density at radius 3 is 3.55 bits per heavy atom. The molecule has 0 saturated carbocycles. The molecule has 1 heterocycles. The molecule has 0 aliphatic carbocycles. The summed E-state index contributed by atoms with van der Waals surface area (Å²) in [6, 6.07) is -1.01. The highest BCUT2D eigenvalue weighted by molar-refractivity contribution is 9.10. The SMILES string of the molecule is [2H]c1nc(Br)c([2H])c(C(=O)NC([2H])([2H])[2H])c1[2H]. The third-order valence-electron chi connectivity index (χ3n) is 0.904. The second-order valence-electron chi connectivity index (χ2n) is 1.59.